The van der Waals surface area contributed by atoms with Gasteiger partial charge in [-0.1, -0.05) is 6.07 Å². The molecule has 3 nitrogen and oxygen atoms in total. The summed E-state index contributed by atoms with van der Waals surface area (Å²) in [7, 11) is 1.52. The van der Waals surface area contributed by atoms with Gasteiger partial charge in [-0.05, 0) is 36.4 Å². The second-order valence-electron chi connectivity index (χ2n) is 3.69. The highest BCUT2D eigenvalue weighted by Gasteiger charge is 2.15. The molecule has 18 heavy (non-hydrogen) atoms. The maximum absolute atomic E-state index is 12.9. The van der Waals surface area contributed by atoms with Gasteiger partial charge < -0.3 is 4.90 Å². The van der Waals surface area contributed by atoms with Crippen LogP contribution in [0.15, 0.2) is 42.5 Å². The molecule has 1 heterocycles. The van der Waals surface area contributed by atoms with Crippen LogP contribution in [0.1, 0.15) is 10.5 Å². The third-order valence-electron chi connectivity index (χ3n) is 2.45. The second-order valence-corrected chi connectivity index (χ2v) is 3.69. The minimum atomic E-state index is -0.714. The highest BCUT2D eigenvalue weighted by atomic mass is 19.1. The van der Waals surface area contributed by atoms with Crippen LogP contribution in [0.25, 0.3) is 0 Å². The third-order valence-corrected chi connectivity index (χ3v) is 2.45. The molecule has 0 atom stereocenters. The van der Waals surface area contributed by atoms with Crippen LogP contribution in [0.5, 0.6) is 0 Å². The summed E-state index contributed by atoms with van der Waals surface area (Å²) in [5, 5.41) is 0. The number of aromatic nitrogens is 1. The zero-order valence-corrected chi connectivity index (χ0v) is 9.60. The van der Waals surface area contributed by atoms with Crippen LogP contribution in [0.3, 0.4) is 0 Å². The molecular formula is C13H10F2N2O. The SMILES string of the molecule is CN(C(=O)c1cccc(F)n1)c1ccc(F)cc1. The smallest absolute Gasteiger partial charge is 0.276 e. The highest BCUT2D eigenvalue weighted by molar-refractivity contribution is 6.04. The summed E-state index contributed by atoms with van der Waals surface area (Å²) in [6.07, 6.45) is 0. The van der Waals surface area contributed by atoms with E-state index in [4.69, 9.17) is 0 Å². The average Bonchev–Trinajstić information content (AvgIpc) is 2.38. The lowest BCUT2D eigenvalue weighted by Gasteiger charge is -2.16. The minimum absolute atomic E-state index is 0.00169. The molecule has 0 fully saturated rings. The molecular weight excluding hydrogens is 238 g/mol. The molecule has 0 unspecified atom stereocenters. The lowest BCUT2D eigenvalue weighted by atomic mass is 10.2. The van der Waals surface area contributed by atoms with Crippen molar-refractivity contribution in [3.63, 3.8) is 0 Å². The van der Waals surface area contributed by atoms with Gasteiger partial charge in [-0.2, -0.15) is 4.39 Å². The van der Waals surface area contributed by atoms with E-state index in [9.17, 15) is 13.6 Å². The van der Waals surface area contributed by atoms with Crippen molar-refractivity contribution < 1.29 is 13.6 Å². The predicted molar refractivity (Wildman–Crippen MR) is 63.3 cm³/mol. The number of halogens is 2. The van der Waals surface area contributed by atoms with Crippen molar-refractivity contribution in [3.05, 3.63) is 59.9 Å². The standard InChI is InChI=1S/C13H10F2N2O/c1-17(10-7-5-9(14)6-8-10)13(18)11-3-2-4-12(15)16-11/h2-8H,1H3. The normalized spacial score (nSPS) is 10.2. The van der Waals surface area contributed by atoms with Crippen molar-refractivity contribution in [2.24, 2.45) is 0 Å². The molecule has 0 saturated heterocycles. The van der Waals surface area contributed by atoms with E-state index >= 15 is 0 Å². The molecule has 92 valence electrons. The molecule has 0 spiro atoms. The summed E-state index contributed by atoms with van der Waals surface area (Å²) < 4.78 is 25.7. The number of hydrogen-bond acceptors (Lipinski definition) is 2. The van der Waals surface area contributed by atoms with Crippen LogP contribution in [-0.2, 0) is 0 Å². The number of carbonyl (C=O) groups is 1. The van der Waals surface area contributed by atoms with Gasteiger partial charge in [-0.3, -0.25) is 4.79 Å². The number of anilines is 1. The van der Waals surface area contributed by atoms with Crippen molar-refractivity contribution >= 4 is 11.6 Å². The maximum atomic E-state index is 12.9. The van der Waals surface area contributed by atoms with Gasteiger partial charge in [-0.15, -0.1) is 0 Å². The van der Waals surface area contributed by atoms with E-state index in [1.165, 1.54) is 48.3 Å². The fourth-order valence-electron chi connectivity index (χ4n) is 1.48. The number of amides is 1. The Labute approximate surface area is 103 Å². The van der Waals surface area contributed by atoms with Crippen LogP contribution in [0, 0.1) is 11.8 Å². The zero-order valence-electron chi connectivity index (χ0n) is 9.60. The zero-order chi connectivity index (χ0) is 13.1. The lowest BCUT2D eigenvalue weighted by molar-refractivity contribution is 0.0987. The first-order chi connectivity index (χ1) is 8.58. The van der Waals surface area contributed by atoms with E-state index in [0.717, 1.165) is 6.07 Å². The van der Waals surface area contributed by atoms with E-state index in [1.54, 1.807) is 0 Å². The number of carbonyl (C=O) groups excluding carboxylic acids is 1. The number of hydrogen-bond donors (Lipinski definition) is 0. The van der Waals surface area contributed by atoms with Gasteiger partial charge in [0, 0.05) is 12.7 Å². The molecule has 5 heteroatoms. The van der Waals surface area contributed by atoms with Crippen LogP contribution < -0.4 is 4.90 Å². The van der Waals surface area contributed by atoms with Crippen molar-refractivity contribution in [2.45, 2.75) is 0 Å². The molecule has 1 aromatic carbocycles. The van der Waals surface area contributed by atoms with Gasteiger partial charge in [0.25, 0.3) is 5.91 Å². The summed E-state index contributed by atoms with van der Waals surface area (Å²) in [4.78, 5) is 16.8. The summed E-state index contributed by atoms with van der Waals surface area (Å²) >= 11 is 0. The quantitative estimate of drug-likeness (QED) is 0.765. The summed E-state index contributed by atoms with van der Waals surface area (Å²) in [6, 6.07) is 9.42. The Morgan fingerprint density at radius 1 is 1.11 bits per heavy atom. The monoisotopic (exact) mass is 248 g/mol. The second kappa shape index (κ2) is 4.91. The Morgan fingerprint density at radius 2 is 1.78 bits per heavy atom. The average molecular weight is 248 g/mol. The van der Waals surface area contributed by atoms with Gasteiger partial charge in [0.05, 0.1) is 0 Å². The van der Waals surface area contributed by atoms with Crippen molar-refractivity contribution in [3.8, 4) is 0 Å². The molecule has 2 aromatic rings. The molecule has 0 aliphatic carbocycles. The van der Waals surface area contributed by atoms with Crippen LogP contribution >= 0.6 is 0 Å². The van der Waals surface area contributed by atoms with Gasteiger partial charge in [-0.25, -0.2) is 9.37 Å². The molecule has 1 aromatic heterocycles. The van der Waals surface area contributed by atoms with E-state index in [1.807, 2.05) is 0 Å². The molecule has 1 amide bonds. The molecule has 0 saturated carbocycles. The molecule has 0 N–H and O–H groups in total. The van der Waals surface area contributed by atoms with E-state index in [-0.39, 0.29) is 11.5 Å². The predicted octanol–water partition coefficient (Wildman–Crippen LogP) is 2.64. The van der Waals surface area contributed by atoms with Crippen LogP contribution in [-0.4, -0.2) is 17.9 Å². The van der Waals surface area contributed by atoms with Gasteiger partial charge in [0.2, 0.25) is 5.95 Å². The largest absolute Gasteiger partial charge is 0.310 e. The molecule has 0 radical (unpaired) electrons. The number of nitrogens with zero attached hydrogens (tertiary/aromatic N) is 2. The topological polar surface area (TPSA) is 33.2 Å². The Morgan fingerprint density at radius 3 is 2.39 bits per heavy atom. The molecule has 0 aliphatic heterocycles. The van der Waals surface area contributed by atoms with Crippen LogP contribution in [0.4, 0.5) is 14.5 Å². The first-order valence-electron chi connectivity index (χ1n) is 5.24. The van der Waals surface area contributed by atoms with Gasteiger partial charge in [0.15, 0.2) is 0 Å². The van der Waals surface area contributed by atoms with E-state index in [2.05, 4.69) is 4.98 Å². The third kappa shape index (κ3) is 2.51. The minimum Gasteiger partial charge on any atom is -0.310 e. The van der Waals surface area contributed by atoms with E-state index in [0.29, 0.717) is 5.69 Å². The van der Waals surface area contributed by atoms with Gasteiger partial charge in [0.1, 0.15) is 11.5 Å². The van der Waals surface area contributed by atoms with E-state index < -0.39 is 11.9 Å². The lowest BCUT2D eigenvalue weighted by Crippen LogP contribution is -2.27. The maximum Gasteiger partial charge on any atom is 0.276 e. The fraction of sp³-hybridized carbons (Fsp3) is 0.0769. The first kappa shape index (κ1) is 12.2. The fourth-order valence-corrected chi connectivity index (χ4v) is 1.48. The Hall–Kier alpha value is -2.30. The molecule has 0 aliphatic rings. The first-order valence-corrected chi connectivity index (χ1v) is 5.24. The Balaban J connectivity index is 2.26. The highest BCUT2D eigenvalue weighted by Crippen LogP contribution is 2.15. The molecule has 0 bridgehead atoms. The van der Waals surface area contributed by atoms with Crippen molar-refractivity contribution in [1.29, 1.82) is 0 Å². The number of rotatable bonds is 2. The van der Waals surface area contributed by atoms with Crippen molar-refractivity contribution in [1.82, 2.24) is 4.98 Å². The molecule has 2 rings (SSSR count). The van der Waals surface area contributed by atoms with Gasteiger partial charge >= 0.3 is 0 Å². The number of pyridine rings is 1. The van der Waals surface area contributed by atoms with Crippen molar-refractivity contribution in [2.75, 3.05) is 11.9 Å². The summed E-state index contributed by atoms with van der Waals surface area (Å²) in [6.45, 7) is 0. The Kier molecular flexibility index (Phi) is 3.32. The number of benzene rings is 1. The summed E-state index contributed by atoms with van der Waals surface area (Å²) in [5.41, 5.74) is 0.509. The summed E-state index contributed by atoms with van der Waals surface area (Å²) in [5.74, 6) is -1.56. The van der Waals surface area contributed by atoms with Crippen LogP contribution in [0.2, 0.25) is 0 Å². The Bertz CT molecular complexity index is 569.